The molecular formula is C15H23N5O. The molecule has 0 aromatic carbocycles. The molecule has 3 aliphatic heterocycles. The fourth-order valence-electron chi connectivity index (χ4n) is 4.06. The lowest BCUT2D eigenvalue weighted by atomic mass is 10.1. The van der Waals surface area contributed by atoms with Gasteiger partial charge in [-0.2, -0.15) is 0 Å². The standard InChI is InChI=1S/C15H23N5O/c1-11-15(21)19-9-5-6-12(19)14-17-16-13(20(11)14)10-18-7-3-2-4-8-18/h11-12H,2-10H2,1H3/t11-,12-/m0/s1. The van der Waals surface area contributed by atoms with E-state index in [1.165, 1.54) is 19.3 Å². The maximum Gasteiger partial charge on any atom is 0.246 e. The Balaban J connectivity index is 1.64. The first kappa shape index (κ1) is 13.2. The summed E-state index contributed by atoms with van der Waals surface area (Å²) in [6, 6.07) is 0.0143. The summed E-state index contributed by atoms with van der Waals surface area (Å²) in [5, 5.41) is 8.87. The van der Waals surface area contributed by atoms with Crippen LogP contribution in [0.5, 0.6) is 0 Å². The minimum atomic E-state index is -0.149. The van der Waals surface area contributed by atoms with Crippen LogP contribution in [0, 0.1) is 0 Å². The van der Waals surface area contributed by atoms with Gasteiger partial charge in [-0.3, -0.25) is 14.3 Å². The Morgan fingerprint density at radius 2 is 1.90 bits per heavy atom. The summed E-state index contributed by atoms with van der Waals surface area (Å²) >= 11 is 0. The number of fused-ring (bicyclic) bond motifs is 3. The highest BCUT2D eigenvalue weighted by molar-refractivity contribution is 5.82. The van der Waals surface area contributed by atoms with Crippen LogP contribution in [0.4, 0.5) is 0 Å². The number of amides is 1. The molecule has 1 aromatic heterocycles. The largest absolute Gasteiger partial charge is 0.331 e. The molecule has 1 aromatic rings. The fraction of sp³-hybridized carbons (Fsp3) is 0.800. The monoisotopic (exact) mass is 289 g/mol. The van der Waals surface area contributed by atoms with E-state index in [4.69, 9.17) is 0 Å². The highest BCUT2D eigenvalue weighted by Gasteiger charge is 2.42. The van der Waals surface area contributed by atoms with Gasteiger partial charge in [-0.25, -0.2) is 0 Å². The lowest BCUT2D eigenvalue weighted by Gasteiger charge is -2.35. The smallest absolute Gasteiger partial charge is 0.246 e. The third-order valence-electron chi connectivity index (χ3n) is 5.19. The lowest BCUT2D eigenvalue weighted by Crippen LogP contribution is -2.43. The van der Waals surface area contributed by atoms with Crippen molar-refractivity contribution in [2.24, 2.45) is 0 Å². The number of hydrogen-bond donors (Lipinski definition) is 0. The summed E-state index contributed by atoms with van der Waals surface area (Å²) in [5.74, 6) is 2.22. The van der Waals surface area contributed by atoms with Crippen molar-refractivity contribution < 1.29 is 4.79 Å². The molecule has 0 aliphatic carbocycles. The minimum absolute atomic E-state index is 0.149. The fourth-order valence-corrected chi connectivity index (χ4v) is 4.06. The number of aromatic nitrogens is 3. The number of rotatable bonds is 2. The highest BCUT2D eigenvalue weighted by atomic mass is 16.2. The normalized spacial score (nSPS) is 29.6. The quantitative estimate of drug-likeness (QED) is 0.828. The molecule has 1 amide bonds. The maximum absolute atomic E-state index is 12.5. The van der Waals surface area contributed by atoms with Crippen molar-refractivity contribution in [3.63, 3.8) is 0 Å². The van der Waals surface area contributed by atoms with E-state index in [-0.39, 0.29) is 18.0 Å². The van der Waals surface area contributed by atoms with E-state index in [0.29, 0.717) is 0 Å². The van der Waals surface area contributed by atoms with Gasteiger partial charge in [0.05, 0.1) is 12.6 Å². The summed E-state index contributed by atoms with van der Waals surface area (Å²) in [6.45, 7) is 5.98. The van der Waals surface area contributed by atoms with E-state index in [9.17, 15) is 4.79 Å². The highest BCUT2D eigenvalue weighted by Crippen LogP contribution is 2.38. The van der Waals surface area contributed by atoms with Gasteiger partial charge in [0, 0.05) is 6.54 Å². The Morgan fingerprint density at radius 1 is 1.10 bits per heavy atom. The van der Waals surface area contributed by atoms with E-state index >= 15 is 0 Å². The maximum atomic E-state index is 12.5. The average Bonchev–Trinajstić information content (AvgIpc) is 3.12. The predicted octanol–water partition coefficient (Wildman–Crippen LogP) is 1.50. The molecule has 114 valence electrons. The van der Waals surface area contributed by atoms with Gasteiger partial charge in [0.2, 0.25) is 5.91 Å². The molecule has 0 unspecified atom stereocenters. The van der Waals surface area contributed by atoms with E-state index in [1.807, 2.05) is 11.8 Å². The molecule has 0 saturated carbocycles. The molecule has 0 bridgehead atoms. The molecule has 3 aliphatic rings. The molecular weight excluding hydrogens is 266 g/mol. The zero-order chi connectivity index (χ0) is 14.4. The third kappa shape index (κ3) is 2.08. The third-order valence-corrected chi connectivity index (χ3v) is 5.19. The van der Waals surface area contributed by atoms with Gasteiger partial charge < -0.3 is 4.90 Å². The van der Waals surface area contributed by atoms with Gasteiger partial charge in [-0.05, 0) is 45.7 Å². The SMILES string of the molecule is C[C@H]1C(=O)N2CCC[C@H]2c2nnc(CN3CCCCC3)n21. The van der Waals surface area contributed by atoms with Crippen molar-refractivity contribution >= 4 is 5.91 Å². The molecule has 6 nitrogen and oxygen atoms in total. The van der Waals surface area contributed by atoms with Crippen LogP contribution in [0.2, 0.25) is 0 Å². The Bertz CT molecular complexity index is 548. The van der Waals surface area contributed by atoms with E-state index in [0.717, 1.165) is 50.7 Å². The van der Waals surface area contributed by atoms with E-state index in [1.54, 1.807) is 0 Å². The van der Waals surface area contributed by atoms with Crippen molar-refractivity contribution in [2.75, 3.05) is 19.6 Å². The van der Waals surface area contributed by atoms with Crippen LogP contribution in [0.1, 0.15) is 62.8 Å². The van der Waals surface area contributed by atoms with Gasteiger partial charge in [-0.15, -0.1) is 10.2 Å². The van der Waals surface area contributed by atoms with Gasteiger partial charge in [0.15, 0.2) is 5.82 Å². The molecule has 0 spiro atoms. The summed E-state index contributed by atoms with van der Waals surface area (Å²) in [7, 11) is 0. The second-order valence-corrected chi connectivity index (χ2v) is 6.55. The van der Waals surface area contributed by atoms with E-state index < -0.39 is 0 Å². The van der Waals surface area contributed by atoms with Crippen molar-refractivity contribution in [2.45, 2.75) is 57.7 Å². The number of carbonyl (C=O) groups excluding carboxylic acids is 1. The molecule has 6 heteroatoms. The topological polar surface area (TPSA) is 54.3 Å². The van der Waals surface area contributed by atoms with Gasteiger partial charge >= 0.3 is 0 Å². The first-order valence-electron chi connectivity index (χ1n) is 8.22. The van der Waals surface area contributed by atoms with Gasteiger partial charge in [-0.1, -0.05) is 6.42 Å². The second kappa shape index (κ2) is 5.09. The first-order chi connectivity index (χ1) is 10.3. The van der Waals surface area contributed by atoms with Crippen LogP contribution in [0.15, 0.2) is 0 Å². The molecule has 2 fully saturated rings. The molecule has 4 rings (SSSR count). The Labute approximate surface area is 125 Å². The Kier molecular flexibility index (Phi) is 3.21. The first-order valence-corrected chi connectivity index (χ1v) is 8.22. The van der Waals surface area contributed by atoms with Crippen molar-refractivity contribution in [3.8, 4) is 0 Å². The van der Waals surface area contributed by atoms with Crippen LogP contribution >= 0.6 is 0 Å². The van der Waals surface area contributed by atoms with Crippen LogP contribution in [-0.4, -0.2) is 50.1 Å². The molecule has 21 heavy (non-hydrogen) atoms. The number of carbonyl (C=O) groups is 1. The lowest BCUT2D eigenvalue weighted by molar-refractivity contribution is -0.137. The van der Waals surface area contributed by atoms with Crippen molar-refractivity contribution in [1.82, 2.24) is 24.6 Å². The molecule has 2 saturated heterocycles. The molecule has 4 heterocycles. The van der Waals surface area contributed by atoms with Crippen molar-refractivity contribution in [1.29, 1.82) is 0 Å². The molecule has 0 radical (unpaired) electrons. The van der Waals surface area contributed by atoms with Gasteiger partial charge in [0.1, 0.15) is 11.9 Å². The van der Waals surface area contributed by atoms with Crippen LogP contribution in [0.3, 0.4) is 0 Å². The minimum Gasteiger partial charge on any atom is -0.331 e. The van der Waals surface area contributed by atoms with E-state index in [2.05, 4.69) is 19.7 Å². The van der Waals surface area contributed by atoms with Crippen LogP contribution < -0.4 is 0 Å². The zero-order valence-corrected chi connectivity index (χ0v) is 12.7. The summed E-state index contributed by atoms with van der Waals surface area (Å²) < 4.78 is 2.11. The van der Waals surface area contributed by atoms with Crippen molar-refractivity contribution in [3.05, 3.63) is 11.6 Å². The number of nitrogens with zero attached hydrogens (tertiary/aromatic N) is 5. The number of likely N-dealkylation sites (tertiary alicyclic amines) is 1. The second-order valence-electron chi connectivity index (χ2n) is 6.55. The molecule has 0 N–H and O–H groups in total. The predicted molar refractivity (Wildman–Crippen MR) is 77.5 cm³/mol. The summed E-state index contributed by atoms with van der Waals surface area (Å²) in [6.07, 6.45) is 5.98. The summed E-state index contributed by atoms with van der Waals surface area (Å²) in [5.41, 5.74) is 0. The number of piperidine rings is 1. The average molecular weight is 289 g/mol. The van der Waals surface area contributed by atoms with Crippen LogP contribution in [0.25, 0.3) is 0 Å². The van der Waals surface area contributed by atoms with Gasteiger partial charge in [0.25, 0.3) is 0 Å². The number of hydrogen-bond acceptors (Lipinski definition) is 4. The van der Waals surface area contributed by atoms with Crippen LogP contribution in [-0.2, 0) is 11.3 Å². The molecule has 2 atom stereocenters. The Hall–Kier alpha value is -1.43. The zero-order valence-electron chi connectivity index (χ0n) is 12.7. The Morgan fingerprint density at radius 3 is 2.71 bits per heavy atom. The summed E-state index contributed by atoms with van der Waals surface area (Å²) in [4.78, 5) is 17.0.